The fraction of sp³-hybridized carbons (Fsp3) is 0.643. The first-order valence-electron chi connectivity index (χ1n) is 7.38. The van der Waals surface area contributed by atoms with Crippen molar-refractivity contribution < 1.29 is 4.74 Å². The van der Waals surface area contributed by atoms with Crippen LogP contribution in [0.4, 0.5) is 0 Å². The van der Waals surface area contributed by atoms with E-state index in [-0.39, 0.29) is 11.2 Å². The number of methoxy groups -OCH3 is 1. The third-order valence-electron chi connectivity index (χ3n) is 3.74. The van der Waals surface area contributed by atoms with Crippen LogP contribution in [0.5, 0.6) is 0 Å². The van der Waals surface area contributed by atoms with E-state index in [9.17, 15) is 9.59 Å². The minimum Gasteiger partial charge on any atom is -0.385 e. The van der Waals surface area contributed by atoms with Gasteiger partial charge in [-0.25, -0.2) is 9.78 Å². The highest BCUT2D eigenvalue weighted by Gasteiger charge is 2.18. The van der Waals surface area contributed by atoms with E-state index in [2.05, 4.69) is 4.98 Å². The van der Waals surface area contributed by atoms with Crippen LogP contribution in [0, 0.1) is 6.92 Å². The van der Waals surface area contributed by atoms with Crippen LogP contribution in [0.25, 0.3) is 11.2 Å². The topological polar surface area (TPSA) is 97.1 Å². The van der Waals surface area contributed by atoms with E-state index in [0.717, 1.165) is 11.0 Å². The van der Waals surface area contributed by atoms with Crippen molar-refractivity contribution in [2.75, 3.05) is 20.3 Å². The molecule has 0 saturated heterocycles. The average molecular weight is 309 g/mol. The third-order valence-corrected chi connectivity index (χ3v) is 3.74. The van der Waals surface area contributed by atoms with Gasteiger partial charge in [0.25, 0.3) is 5.56 Å². The van der Waals surface area contributed by atoms with Crippen LogP contribution in [0.15, 0.2) is 9.59 Å². The molecule has 22 heavy (non-hydrogen) atoms. The normalized spacial score (nSPS) is 11.5. The van der Waals surface area contributed by atoms with Gasteiger partial charge in [-0.3, -0.25) is 13.9 Å². The molecule has 122 valence electrons. The molecule has 2 rings (SSSR count). The Kier molecular flexibility index (Phi) is 5.15. The summed E-state index contributed by atoms with van der Waals surface area (Å²) in [5.41, 5.74) is 5.79. The summed E-state index contributed by atoms with van der Waals surface area (Å²) in [5.74, 6) is 0.714. The number of hydrogen-bond donors (Lipinski definition) is 1. The van der Waals surface area contributed by atoms with Gasteiger partial charge < -0.3 is 15.0 Å². The maximum absolute atomic E-state index is 12.5. The maximum Gasteiger partial charge on any atom is 0.332 e. The van der Waals surface area contributed by atoms with Crippen molar-refractivity contribution in [1.29, 1.82) is 0 Å². The standard InChI is InChI=1S/C14H23N5O3/c1-10-16-12-11(18(10)7-4-6-15)13(20)17(2)14(21)19(12)8-5-9-22-3/h4-9,15H2,1-3H3. The number of imidazole rings is 1. The van der Waals surface area contributed by atoms with Gasteiger partial charge in [-0.15, -0.1) is 0 Å². The van der Waals surface area contributed by atoms with E-state index in [1.807, 2.05) is 11.5 Å². The first-order valence-corrected chi connectivity index (χ1v) is 7.38. The SMILES string of the molecule is COCCCn1c(=O)n(C)c(=O)c2c1nc(C)n2CCCN. The Hall–Kier alpha value is -1.93. The van der Waals surface area contributed by atoms with Crippen molar-refractivity contribution in [3.05, 3.63) is 26.7 Å². The van der Waals surface area contributed by atoms with Gasteiger partial charge in [0.1, 0.15) is 5.82 Å². The van der Waals surface area contributed by atoms with Gasteiger partial charge in [-0.05, 0) is 26.3 Å². The summed E-state index contributed by atoms with van der Waals surface area (Å²) in [4.78, 5) is 29.2. The van der Waals surface area contributed by atoms with Crippen LogP contribution >= 0.6 is 0 Å². The molecule has 0 atom stereocenters. The molecular formula is C14H23N5O3. The molecule has 2 N–H and O–H groups in total. The fourth-order valence-corrected chi connectivity index (χ4v) is 2.56. The molecule has 0 aliphatic carbocycles. The Bertz CT molecular complexity index is 771. The van der Waals surface area contributed by atoms with Crippen LogP contribution < -0.4 is 17.0 Å². The zero-order valence-electron chi connectivity index (χ0n) is 13.3. The largest absolute Gasteiger partial charge is 0.385 e. The molecule has 0 spiro atoms. The van der Waals surface area contributed by atoms with Crippen molar-refractivity contribution in [2.45, 2.75) is 32.9 Å². The first kappa shape index (κ1) is 16.4. The molecule has 0 unspecified atom stereocenters. The van der Waals surface area contributed by atoms with E-state index < -0.39 is 0 Å². The Balaban J connectivity index is 2.65. The van der Waals surface area contributed by atoms with Gasteiger partial charge in [0.2, 0.25) is 0 Å². The van der Waals surface area contributed by atoms with Crippen LogP contribution in [0.1, 0.15) is 18.7 Å². The second-order valence-corrected chi connectivity index (χ2v) is 5.27. The predicted molar refractivity (Wildman–Crippen MR) is 84.1 cm³/mol. The quantitative estimate of drug-likeness (QED) is 0.701. The lowest BCUT2D eigenvalue weighted by molar-refractivity contribution is 0.190. The Labute approximate surface area is 128 Å². The molecule has 0 aliphatic heterocycles. The van der Waals surface area contributed by atoms with E-state index in [1.165, 1.54) is 7.05 Å². The average Bonchev–Trinajstić information content (AvgIpc) is 2.83. The third kappa shape index (κ3) is 2.84. The number of rotatable bonds is 7. The summed E-state index contributed by atoms with van der Waals surface area (Å²) >= 11 is 0. The summed E-state index contributed by atoms with van der Waals surface area (Å²) in [6.07, 6.45) is 1.43. The van der Waals surface area contributed by atoms with Gasteiger partial charge >= 0.3 is 5.69 Å². The monoisotopic (exact) mass is 309 g/mol. The van der Waals surface area contributed by atoms with Gasteiger partial charge in [-0.2, -0.15) is 0 Å². The number of aryl methyl sites for hydroxylation is 3. The maximum atomic E-state index is 12.5. The molecule has 0 aromatic carbocycles. The number of aromatic nitrogens is 4. The van der Waals surface area contributed by atoms with Crippen molar-refractivity contribution in [2.24, 2.45) is 12.8 Å². The van der Waals surface area contributed by atoms with Gasteiger partial charge in [-0.1, -0.05) is 0 Å². The van der Waals surface area contributed by atoms with Crippen LogP contribution in [0.2, 0.25) is 0 Å². The molecular weight excluding hydrogens is 286 g/mol. The highest BCUT2D eigenvalue weighted by molar-refractivity contribution is 5.71. The summed E-state index contributed by atoms with van der Waals surface area (Å²) in [6.45, 7) is 3.99. The fourth-order valence-electron chi connectivity index (χ4n) is 2.56. The molecule has 8 nitrogen and oxygen atoms in total. The number of nitrogens with zero attached hydrogens (tertiary/aromatic N) is 4. The van der Waals surface area contributed by atoms with Gasteiger partial charge in [0, 0.05) is 33.9 Å². The zero-order chi connectivity index (χ0) is 16.3. The Morgan fingerprint density at radius 1 is 1.18 bits per heavy atom. The Morgan fingerprint density at radius 2 is 1.86 bits per heavy atom. The first-order chi connectivity index (χ1) is 10.5. The van der Waals surface area contributed by atoms with Crippen molar-refractivity contribution in [3.8, 4) is 0 Å². The second kappa shape index (κ2) is 6.89. The number of ether oxygens (including phenoxy) is 1. The minimum absolute atomic E-state index is 0.319. The zero-order valence-corrected chi connectivity index (χ0v) is 13.3. The van der Waals surface area contributed by atoms with E-state index in [4.69, 9.17) is 10.5 Å². The molecule has 0 saturated carbocycles. The van der Waals surface area contributed by atoms with Gasteiger partial charge in [0.15, 0.2) is 11.2 Å². The summed E-state index contributed by atoms with van der Waals surface area (Å²) < 4.78 is 9.55. The number of hydrogen-bond acceptors (Lipinski definition) is 5. The molecule has 8 heteroatoms. The van der Waals surface area contributed by atoms with E-state index >= 15 is 0 Å². The Morgan fingerprint density at radius 3 is 2.50 bits per heavy atom. The molecule has 2 heterocycles. The summed E-state index contributed by atoms with van der Waals surface area (Å²) in [7, 11) is 3.11. The lowest BCUT2D eigenvalue weighted by Gasteiger charge is -2.10. The molecule has 0 amide bonds. The van der Waals surface area contributed by atoms with Crippen molar-refractivity contribution in [3.63, 3.8) is 0 Å². The number of nitrogens with two attached hydrogens (primary N) is 1. The summed E-state index contributed by atoms with van der Waals surface area (Å²) in [5, 5.41) is 0. The molecule has 0 bridgehead atoms. The molecule has 2 aromatic heterocycles. The molecule has 2 aromatic rings. The minimum atomic E-state index is -0.350. The van der Waals surface area contributed by atoms with Crippen LogP contribution in [0.3, 0.4) is 0 Å². The van der Waals surface area contributed by atoms with Crippen molar-refractivity contribution in [1.82, 2.24) is 18.7 Å². The smallest absolute Gasteiger partial charge is 0.332 e. The molecule has 0 fully saturated rings. The van der Waals surface area contributed by atoms with Gasteiger partial charge in [0.05, 0.1) is 0 Å². The highest BCUT2D eigenvalue weighted by atomic mass is 16.5. The van der Waals surface area contributed by atoms with Crippen LogP contribution in [-0.2, 0) is 24.9 Å². The van der Waals surface area contributed by atoms with Crippen LogP contribution in [-0.4, -0.2) is 38.9 Å². The second-order valence-electron chi connectivity index (χ2n) is 5.27. The van der Waals surface area contributed by atoms with E-state index in [0.29, 0.717) is 49.7 Å². The lowest BCUT2D eigenvalue weighted by atomic mass is 10.4. The molecule has 0 aliphatic rings. The molecule has 0 radical (unpaired) electrons. The predicted octanol–water partition coefficient (Wildman–Crippen LogP) is -0.410. The number of fused-ring (bicyclic) bond motifs is 1. The highest BCUT2D eigenvalue weighted by Crippen LogP contribution is 2.12. The van der Waals surface area contributed by atoms with Crippen molar-refractivity contribution >= 4 is 11.2 Å². The van der Waals surface area contributed by atoms with E-state index in [1.54, 1.807) is 11.7 Å². The summed E-state index contributed by atoms with van der Waals surface area (Å²) in [6, 6.07) is 0. The lowest BCUT2D eigenvalue weighted by Crippen LogP contribution is -2.39.